The van der Waals surface area contributed by atoms with E-state index in [1.165, 1.54) is 6.07 Å². The molecule has 1 aliphatic rings. The first kappa shape index (κ1) is 13.8. The zero-order chi connectivity index (χ0) is 13.0. The molecule has 1 aromatic carbocycles. The second-order valence-corrected chi connectivity index (χ2v) is 5.61. The summed E-state index contributed by atoms with van der Waals surface area (Å²) in [5, 5.41) is 0.933. The molecule has 0 unspecified atom stereocenters. The van der Waals surface area contributed by atoms with Crippen molar-refractivity contribution in [1.29, 1.82) is 0 Å². The Morgan fingerprint density at radius 2 is 2.00 bits per heavy atom. The van der Waals surface area contributed by atoms with Crippen molar-refractivity contribution >= 4 is 21.6 Å². The van der Waals surface area contributed by atoms with Crippen LogP contribution in [-0.4, -0.2) is 32.1 Å². The van der Waals surface area contributed by atoms with Crippen LogP contribution >= 0.6 is 15.9 Å². The van der Waals surface area contributed by atoms with Gasteiger partial charge in [-0.1, -0.05) is 28.1 Å². The maximum atomic E-state index is 13.7. The molecule has 0 aliphatic carbocycles. The Morgan fingerprint density at radius 3 is 2.61 bits per heavy atom. The highest BCUT2D eigenvalue weighted by Gasteiger charge is 2.33. The highest BCUT2D eigenvalue weighted by atomic mass is 79.9. The maximum Gasteiger partial charge on any atom is 0.146 e. The third-order valence-corrected chi connectivity index (χ3v) is 4.86. The lowest BCUT2D eigenvalue weighted by Crippen LogP contribution is -2.41. The van der Waals surface area contributed by atoms with Crippen molar-refractivity contribution in [3.05, 3.63) is 30.1 Å². The van der Waals surface area contributed by atoms with Gasteiger partial charge in [0.1, 0.15) is 5.82 Å². The average molecular weight is 316 g/mol. The Labute approximate surface area is 116 Å². The standard InChI is InChI=1S/C14H19BrFNO/c1-17(13-5-3-2-4-12(13)16)11-14(10-15)6-8-18-9-7-14/h2-5H,6-11H2,1H3. The Morgan fingerprint density at radius 1 is 1.33 bits per heavy atom. The summed E-state index contributed by atoms with van der Waals surface area (Å²) < 4.78 is 19.2. The van der Waals surface area contributed by atoms with Gasteiger partial charge in [0, 0.05) is 37.6 Å². The molecule has 1 heterocycles. The third-order valence-electron chi connectivity index (χ3n) is 3.67. The molecule has 2 nitrogen and oxygen atoms in total. The van der Waals surface area contributed by atoms with E-state index in [0.29, 0.717) is 5.69 Å². The van der Waals surface area contributed by atoms with Crippen LogP contribution in [0.15, 0.2) is 24.3 Å². The number of alkyl halides is 1. The number of ether oxygens (including phenoxy) is 1. The third kappa shape index (κ3) is 3.04. The van der Waals surface area contributed by atoms with E-state index in [1.54, 1.807) is 6.07 Å². The van der Waals surface area contributed by atoms with E-state index in [-0.39, 0.29) is 11.2 Å². The lowest BCUT2D eigenvalue weighted by Gasteiger charge is -2.39. The molecule has 0 bridgehead atoms. The normalized spacial score (nSPS) is 18.6. The number of hydrogen-bond acceptors (Lipinski definition) is 2. The van der Waals surface area contributed by atoms with Gasteiger partial charge in [-0.3, -0.25) is 0 Å². The molecule has 1 aromatic rings. The molecule has 18 heavy (non-hydrogen) atoms. The van der Waals surface area contributed by atoms with Crippen molar-refractivity contribution in [2.45, 2.75) is 12.8 Å². The molecule has 4 heteroatoms. The van der Waals surface area contributed by atoms with E-state index in [0.717, 1.165) is 37.9 Å². The predicted octanol–water partition coefficient (Wildman–Crippen LogP) is 3.45. The van der Waals surface area contributed by atoms with E-state index in [1.807, 2.05) is 24.1 Å². The summed E-state index contributed by atoms with van der Waals surface area (Å²) in [5.74, 6) is -0.156. The van der Waals surface area contributed by atoms with Crippen LogP contribution in [0.25, 0.3) is 0 Å². The zero-order valence-corrected chi connectivity index (χ0v) is 12.2. The number of benzene rings is 1. The Kier molecular flexibility index (Phi) is 4.62. The molecular formula is C14H19BrFNO. The van der Waals surface area contributed by atoms with Gasteiger partial charge in [-0.2, -0.15) is 0 Å². The van der Waals surface area contributed by atoms with Crippen LogP contribution in [0.2, 0.25) is 0 Å². The first-order valence-electron chi connectivity index (χ1n) is 6.26. The minimum atomic E-state index is -0.156. The van der Waals surface area contributed by atoms with Gasteiger partial charge in [0.25, 0.3) is 0 Å². The Balaban J connectivity index is 2.10. The molecule has 1 fully saturated rings. The molecule has 0 atom stereocenters. The van der Waals surface area contributed by atoms with Crippen LogP contribution in [0.5, 0.6) is 0 Å². The van der Waals surface area contributed by atoms with Crippen molar-refractivity contribution in [3.63, 3.8) is 0 Å². The number of anilines is 1. The molecular weight excluding hydrogens is 297 g/mol. The lowest BCUT2D eigenvalue weighted by molar-refractivity contribution is 0.0304. The van der Waals surface area contributed by atoms with Crippen LogP contribution in [0.4, 0.5) is 10.1 Å². The SMILES string of the molecule is CN(CC1(CBr)CCOCC1)c1ccccc1F. The number of rotatable bonds is 4. The van der Waals surface area contributed by atoms with Crippen molar-refractivity contribution < 1.29 is 9.13 Å². The van der Waals surface area contributed by atoms with Gasteiger partial charge in [0.15, 0.2) is 0 Å². The molecule has 0 spiro atoms. The largest absolute Gasteiger partial charge is 0.381 e. The molecule has 0 radical (unpaired) electrons. The van der Waals surface area contributed by atoms with Gasteiger partial charge in [-0.15, -0.1) is 0 Å². The molecule has 2 rings (SSSR count). The summed E-state index contributed by atoms with van der Waals surface area (Å²) in [4.78, 5) is 2.02. The van der Waals surface area contributed by atoms with Gasteiger partial charge < -0.3 is 9.64 Å². The topological polar surface area (TPSA) is 12.5 Å². The molecule has 0 aromatic heterocycles. The maximum absolute atomic E-state index is 13.7. The molecule has 1 saturated heterocycles. The summed E-state index contributed by atoms with van der Waals surface area (Å²) >= 11 is 3.61. The van der Waals surface area contributed by atoms with Crippen molar-refractivity contribution in [3.8, 4) is 0 Å². The van der Waals surface area contributed by atoms with Crippen molar-refractivity contribution in [1.82, 2.24) is 0 Å². The number of nitrogens with zero attached hydrogens (tertiary/aromatic N) is 1. The van der Waals surface area contributed by atoms with Crippen LogP contribution in [0, 0.1) is 11.2 Å². The van der Waals surface area contributed by atoms with E-state index in [2.05, 4.69) is 15.9 Å². The highest BCUT2D eigenvalue weighted by molar-refractivity contribution is 9.09. The summed E-state index contributed by atoms with van der Waals surface area (Å²) in [7, 11) is 1.96. The smallest absolute Gasteiger partial charge is 0.146 e. The Bertz CT molecular complexity index is 393. The first-order chi connectivity index (χ1) is 8.67. The number of hydrogen-bond donors (Lipinski definition) is 0. The fourth-order valence-electron chi connectivity index (χ4n) is 2.49. The van der Waals surface area contributed by atoms with Crippen LogP contribution < -0.4 is 4.90 Å². The van der Waals surface area contributed by atoms with Crippen molar-refractivity contribution in [2.24, 2.45) is 5.41 Å². The van der Waals surface area contributed by atoms with Gasteiger partial charge in [-0.25, -0.2) is 4.39 Å². The van der Waals surface area contributed by atoms with Crippen LogP contribution in [-0.2, 0) is 4.74 Å². The second-order valence-electron chi connectivity index (χ2n) is 5.05. The van der Waals surface area contributed by atoms with Gasteiger partial charge in [0.05, 0.1) is 5.69 Å². The molecule has 0 saturated carbocycles. The average Bonchev–Trinajstić information content (AvgIpc) is 2.40. The second kappa shape index (κ2) is 6.02. The predicted molar refractivity (Wildman–Crippen MR) is 76.0 cm³/mol. The first-order valence-corrected chi connectivity index (χ1v) is 7.38. The number of para-hydroxylation sites is 1. The lowest BCUT2D eigenvalue weighted by atomic mass is 9.82. The number of halogens is 2. The quantitative estimate of drug-likeness (QED) is 0.789. The fourth-order valence-corrected chi connectivity index (χ4v) is 3.23. The van der Waals surface area contributed by atoms with Gasteiger partial charge in [0.2, 0.25) is 0 Å². The minimum absolute atomic E-state index is 0.156. The van der Waals surface area contributed by atoms with Gasteiger partial charge in [-0.05, 0) is 25.0 Å². The van der Waals surface area contributed by atoms with E-state index in [4.69, 9.17) is 4.74 Å². The molecule has 1 aliphatic heterocycles. The highest BCUT2D eigenvalue weighted by Crippen LogP contribution is 2.34. The van der Waals surface area contributed by atoms with Crippen LogP contribution in [0.1, 0.15) is 12.8 Å². The molecule has 100 valence electrons. The van der Waals surface area contributed by atoms with Crippen LogP contribution in [0.3, 0.4) is 0 Å². The fraction of sp³-hybridized carbons (Fsp3) is 0.571. The summed E-state index contributed by atoms with van der Waals surface area (Å²) in [5.41, 5.74) is 0.860. The van der Waals surface area contributed by atoms with Crippen molar-refractivity contribution in [2.75, 3.05) is 37.0 Å². The minimum Gasteiger partial charge on any atom is -0.381 e. The van der Waals surface area contributed by atoms with E-state index >= 15 is 0 Å². The Hall–Kier alpha value is -0.610. The van der Waals surface area contributed by atoms with E-state index in [9.17, 15) is 4.39 Å². The van der Waals surface area contributed by atoms with E-state index < -0.39 is 0 Å². The molecule has 0 N–H and O–H groups in total. The molecule has 0 amide bonds. The summed E-state index contributed by atoms with van der Waals surface area (Å²) in [6.07, 6.45) is 2.05. The van der Waals surface area contributed by atoms with Gasteiger partial charge >= 0.3 is 0 Å². The summed E-state index contributed by atoms with van der Waals surface area (Å²) in [6.45, 7) is 2.45. The summed E-state index contributed by atoms with van der Waals surface area (Å²) in [6, 6.07) is 6.94. The zero-order valence-electron chi connectivity index (χ0n) is 10.7. The monoisotopic (exact) mass is 315 g/mol.